The lowest BCUT2D eigenvalue weighted by molar-refractivity contribution is 1.03. The Morgan fingerprint density at radius 3 is 2.67 bits per heavy atom. The maximum Gasteiger partial charge on any atom is 0.223 e. The van der Waals surface area contributed by atoms with Crippen molar-refractivity contribution in [2.45, 2.75) is 38.5 Å². The number of thioether (sulfide) groups is 1. The van der Waals surface area contributed by atoms with Crippen LogP contribution in [0.1, 0.15) is 28.2 Å². The molecular weight excluding hydrogens is 208 g/mol. The van der Waals surface area contributed by atoms with Crippen molar-refractivity contribution >= 4 is 23.5 Å². The molecule has 4 nitrogen and oxygen atoms in total. The molecule has 0 spiro atoms. The van der Waals surface area contributed by atoms with Gasteiger partial charge < -0.3 is 11.1 Å². The largest absolute Gasteiger partial charge is 0.370 e. The molecule has 0 atom stereocenters. The van der Waals surface area contributed by atoms with E-state index in [-0.39, 0.29) is 7.43 Å². The molecular formula is C10H20N4S. The Balaban J connectivity index is 0.00000196. The number of anilines is 2. The van der Waals surface area contributed by atoms with Crippen LogP contribution in [-0.2, 0) is 0 Å². The summed E-state index contributed by atoms with van der Waals surface area (Å²) in [5.41, 5.74) is 5.59. The van der Waals surface area contributed by atoms with Crippen LogP contribution in [0.5, 0.6) is 0 Å². The lowest BCUT2D eigenvalue weighted by Gasteiger charge is -2.07. The zero-order chi connectivity index (χ0) is 10.6. The predicted octanol–water partition coefficient (Wildman–Crippen LogP) is 2.63. The maximum atomic E-state index is 5.59. The van der Waals surface area contributed by atoms with Crippen LogP contribution >= 0.6 is 11.8 Å². The Labute approximate surface area is 96.1 Å². The van der Waals surface area contributed by atoms with Crippen molar-refractivity contribution in [3.63, 3.8) is 0 Å². The average molecular weight is 228 g/mol. The Morgan fingerprint density at radius 1 is 1.47 bits per heavy atom. The molecule has 0 aromatic carbocycles. The van der Waals surface area contributed by atoms with Crippen LogP contribution in [-0.4, -0.2) is 21.8 Å². The third kappa shape index (κ3) is 4.88. The minimum Gasteiger partial charge on any atom is -0.370 e. The van der Waals surface area contributed by atoms with E-state index in [0.717, 1.165) is 17.4 Å². The van der Waals surface area contributed by atoms with Crippen LogP contribution in [0, 0.1) is 0 Å². The average Bonchev–Trinajstić information content (AvgIpc) is 2.01. The molecule has 0 bridgehead atoms. The highest BCUT2D eigenvalue weighted by Crippen LogP contribution is 2.23. The van der Waals surface area contributed by atoms with Gasteiger partial charge >= 0.3 is 0 Å². The molecule has 0 unspecified atom stereocenters. The first-order valence-corrected chi connectivity index (χ1v) is 5.55. The van der Waals surface area contributed by atoms with E-state index in [4.69, 9.17) is 5.73 Å². The predicted molar refractivity (Wildman–Crippen MR) is 68.3 cm³/mol. The van der Waals surface area contributed by atoms with E-state index in [1.54, 1.807) is 11.8 Å². The summed E-state index contributed by atoms with van der Waals surface area (Å²) in [7, 11) is 0. The van der Waals surface area contributed by atoms with Gasteiger partial charge in [-0.2, -0.15) is 4.98 Å². The van der Waals surface area contributed by atoms with E-state index < -0.39 is 0 Å². The molecule has 0 saturated carbocycles. The lowest BCUT2D eigenvalue weighted by Crippen LogP contribution is -2.04. The third-order valence-electron chi connectivity index (χ3n) is 1.43. The van der Waals surface area contributed by atoms with Crippen LogP contribution in [0.4, 0.5) is 11.8 Å². The molecule has 86 valence electrons. The first-order valence-electron chi connectivity index (χ1n) is 4.67. The molecule has 0 saturated heterocycles. The molecule has 0 aliphatic heterocycles. The fourth-order valence-electron chi connectivity index (χ4n) is 1.02. The summed E-state index contributed by atoms with van der Waals surface area (Å²) in [6.45, 7) is 7.10. The van der Waals surface area contributed by atoms with Gasteiger partial charge in [-0.05, 0) is 6.92 Å². The van der Waals surface area contributed by atoms with E-state index in [1.807, 2.05) is 13.0 Å². The van der Waals surface area contributed by atoms with Gasteiger partial charge in [0.25, 0.3) is 0 Å². The summed E-state index contributed by atoms with van der Waals surface area (Å²) in [5.74, 6) is 1.12. The fraction of sp³-hybridized carbons (Fsp3) is 0.600. The van der Waals surface area contributed by atoms with Gasteiger partial charge in [0.2, 0.25) is 5.95 Å². The highest BCUT2D eigenvalue weighted by atomic mass is 32.2. The molecule has 0 amide bonds. The minimum atomic E-state index is 0. The highest BCUT2D eigenvalue weighted by molar-refractivity contribution is 7.99. The van der Waals surface area contributed by atoms with Gasteiger partial charge in [-0.1, -0.05) is 21.3 Å². The van der Waals surface area contributed by atoms with Gasteiger partial charge in [-0.25, -0.2) is 4.98 Å². The van der Waals surface area contributed by atoms with Crippen LogP contribution in [0.2, 0.25) is 0 Å². The van der Waals surface area contributed by atoms with E-state index in [2.05, 4.69) is 29.1 Å². The second-order valence-corrected chi connectivity index (χ2v) is 4.74. The van der Waals surface area contributed by atoms with Crippen molar-refractivity contribution in [3.8, 4) is 0 Å². The van der Waals surface area contributed by atoms with E-state index in [9.17, 15) is 0 Å². The van der Waals surface area contributed by atoms with Crippen molar-refractivity contribution in [2.75, 3.05) is 17.6 Å². The Bertz CT molecular complexity index is 301. The number of nitrogen functional groups attached to an aromatic ring is 1. The molecule has 5 heteroatoms. The van der Waals surface area contributed by atoms with Gasteiger partial charge in [0, 0.05) is 17.9 Å². The van der Waals surface area contributed by atoms with Gasteiger partial charge in [0.05, 0.1) is 0 Å². The fourth-order valence-corrected chi connectivity index (χ4v) is 1.83. The normalized spacial score (nSPS) is 9.87. The molecule has 1 heterocycles. The summed E-state index contributed by atoms with van der Waals surface area (Å²) in [5, 5.41) is 4.54. The molecule has 0 radical (unpaired) electrons. The molecule has 1 aromatic rings. The second-order valence-electron chi connectivity index (χ2n) is 3.15. The molecule has 1 aromatic heterocycles. The number of nitrogens with one attached hydrogen (secondary N) is 1. The van der Waals surface area contributed by atoms with Crippen LogP contribution in [0.25, 0.3) is 0 Å². The number of nitrogens with zero attached hydrogens (tertiary/aromatic N) is 2. The molecule has 1 rings (SSSR count). The maximum absolute atomic E-state index is 5.59. The summed E-state index contributed by atoms with van der Waals surface area (Å²) < 4.78 is 0. The quantitative estimate of drug-likeness (QED) is 0.612. The number of aromatic nitrogens is 2. The first-order chi connectivity index (χ1) is 6.61. The van der Waals surface area contributed by atoms with E-state index >= 15 is 0 Å². The smallest absolute Gasteiger partial charge is 0.223 e. The lowest BCUT2D eigenvalue weighted by atomic mass is 10.5. The third-order valence-corrected chi connectivity index (χ3v) is 2.36. The van der Waals surface area contributed by atoms with Gasteiger partial charge in [-0.15, -0.1) is 11.8 Å². The topological polar surface area (TPSA) is 63.8 Å². The molecule has 0 aliphatic carbocycles. The molecule has 0 fully saturated rings. The molecule has 3 N–H and O–H groups in total. The van der Waals surface area contributed by atoms with Crippen LogP contribution in [0.3, 0.4) is 0 Å². The Morgan fingerprint density at radius 2 is 2.13 bits per heavy atom. The summed E-state index contributed by atoms with van der Waals surface area (Å²) in [4.78, 5) is 8.22. The number of hydrogen-bond donors (Lipinski definition) is 2. The minimum absolute atomic E-state index is 0. The van der Waals surface area contributed by atoms with Crippen LogP contribution in [0.15, 0.2) is 11.1 Å². The van der Waals surface area contributed by atoms with Gasteiger partial charge in [0.15, 0.2) is 0 Å². The number of rotatable bonds is 4. The van der Waals surface area contributed by atoms with Gasteiger partial charge in [0.1, 0.15) is 10.8 Å². The highest BCUT2D eigenvalue weighted by Gasteiger charge is 2.04. The Kier molecular flexibility index (Phi) is 6.08. The van der Waals surface area contributed by atoms with Crippen molar-refractivity contribution in [1.29, 1.82) is 0 Å². The first kappa shape index (κ1) is 14.0. The second kappa shape index (κ2) is 6.50. The van der Waals surface area contributed by atoms with Crippen molar-refractivity contribution < 1.29 is 0 Å². The SMILES string of the molecule is C.CCNc1cc(SC(C)C)nc(N)n1. The molecule has 0 aliphatic rings. The Hall–Kier alpha value is -0.970. The standard InChI is InChI=1S/C9H16N4S.CH4/c1-4-11-7-5-8(14-6(2)3)13-9(10)12-7;/h5-6H,4H2,1-3H3,(H3,10,11,12,13);1H4. The van der Waals surface area contributed by atoms with Crippen molar-refractivity contribution in [3.05, 3.63) is 6.07 Å². The van der Waals surface area contributed by atoms with Crippen LogP contribution < -0.4 is 11.1 Å². The summed E-state index contributed by atoms with van der Waals surface area (Å²) in [6, 6.07) is 1.92. The summed E-state index contributed by atoms with van der Waals surface area (Å²) in [6.07, 6.45) is 0. The van der Waals surface area contributed by atoms with Gasteiger partial charge in [-0.3, -0.25) is 0 Å². The van der Waals surface area contributed by atoms with E-state index in [0.29, 0.717) is 11.2 Å². The zero-order valence-electron chi connectivity index (χ0n) is 8.74. The number of hydrogen-bond acceptors (Lipinski definition) is 5. The zero-order valence-corrected chi connectivity index (χ0v) is 9.56. The van der Waals surface area contributed by atoms with E-state index in [1.165, 1.54) is 0 Å². The van der Waals surface area contributed by atoms with Crippen molar-refractivity contribution in [2.24, 2.45) is 0 Å². The van der Waals surface area contributed by atoms with Crippen molar-refractivity contribution in [1.82, 2.24) is 9.97 Å². The monoisotopic (exact) mass is 228 g/mol. The number of nitrogens with two attached hydrogens (primary N) is 1. The molecule has 15 heavy (non-hydrogen) atoms. The summed E-state index contributed by atoms with van der Waals surface area (Å²) >= 11 is 1.68.